The third kappa shape index (κ3) is 2.18. The molecule has 0 aliphatic rings. The van der Waals surface area contributed by atoms with Crippen molar-refractivity contribution in [1.29, 1.82) is 0 Å². The van der Waals surface area contributed by atoms with Crippen LogP contribution in [0.5, 0.6) is 0 Å². The smallest absolute Gasteiger partial charge is 0.241 e. The zero-order valence-electron chi connectivity index (χ0n) is 7.73. The van der Waals surface area contributed by atoms with Gasteiger partial charge in [0, 0.05) is 20.3 Å². The highest BCUT2D eigenvalue weighted by atomic mass is 16.2. The molecule has 1 amide bonds. The molecule has 1 aromatic heterocycles. The van der Waals surface area contributed by atoms with Gasteiger partial charge >= 0.3 is 0 Å². The lowest BCUT2D eigenvalue weighted by Gasteiger charge is -2.11. The van der Waals surface area contributed by atoms with Crippen molar-refractivity contribution >= 4 is 12.2 Å². The van der Waals surface area contributed by atoms with Crippen molar-refractivity contribution in [3.05, 3.63) is 24.0 Å². The number of carbonyl (C=O) groups is 2. The van der Waals surface area contributed by atoms with E-state index in [4.69, 9.17) is 0 Å². The predicted molar refractivity (Wildman–Crippen MR) is 48.5 cm³/mol. The van der Waals surface area contributed by atoms with Crippen LogP contribution in [0, 0.1) is 0 Å². The third-order valence-corrected chi connectivity index (χ3v) is 1.79. The molecule has 4 heteroatoms. The lowest BCUT2D eigenvalue weighted by molar-refractivity contribution is -0.129. The van der Waals surface area contributed by atoms with Gasteiger partial charge in [-0.05, 0) is 12.1 Å². The van der Waals surface area contributed by atoms with Crippen LogP contribution in [0.15, 0.2) is 18.3 Å². The Balaban J connectivity index is 2.74. The number of hydrogen-bond acceptors (Lipinski definition) is 2. The molecule has 0 atom stereocenters. The van der Waals surface area contributed by atoms with Crippen LogP contribution in [-0.4, -0.2) is 35.8 Å². The Bertz CT molecular complexity index is 315. The molecule has 0 spiro atoms. The summed E-state index contributed by atoms with van der Waals surface area (Å²) in [6.07, 6.45) is 2.45. The molecule has 1 aromatic rings. The topological polar surface area (TPSA) is 42.3 Å². The van der Waals surface area contributed by atoms with Crippen molar-refractivity contribution in [2.45, 2.75) is 6.54 Å². The molecule has 0 aliphatic carbocycles. The average Bonchev–Trinajstić information content (AvgIpc) is 2.51. The van der Waals surface area contributed by atoms with E-state index in [1.54, 1.807) is 37.0 Å². The van der Waals surface area contributed by atoms with Crippen LogP contribution in [0.1, 0.15) is 10.5 Å². The highest BCUT2D eigenvalue weighted by Gasteiger charge is 2.06. The van der Waals surface area contributed by atoms with Gasteiger partial charge in [-0.2, -0.15) is 0 Å². The lowest BCUT2D eigenvalue weighted by atomic mass is 10.4. The quantitative estimate of drug-likeness (QED) is 0.631. The first-order valence-corrected chi connectivity index (χ1v) is 3.95. The Hall–Kier alpha value is -1.58. The Morgan fingerprint density at radius 1 is 1.62 bits per heavy atom. The van der Waals surface area contributed by atoms with Crippen LogP contribution >= 0.6 is 0 Å². The molecule has 0 bridgehead atoms. The van der Waals surface area contributed by atoms with Gasteiger partial charge in [-0.1, -0.05) is 0 Å². The van der Waals surface area contributed by atoms with Gasteiger partial charge < -0.3 is 9.47 Å². The molecule has 70 valence electrons. The maximum atomic E-state index is 11.3. The fourth-order valence-electron chi connectivity index (χ4n) is 0.965. The molecule has 0 N–H and O–H groups in total. The molecule has 0 aromatic carbocycles. The highest BCUT2D eigenvalue weighted by molar-refractivity contribution is 5.78. The van der Waals surface area contributed by atoms with Crippen LogP contribution in [-0.2, 0) is 11.3 Å². The highest BCUT2D eigenvalue weighted by Crippen LogP contribution is 1.99. The van der Waals surface area contributed by atoms with E-state index in [1.807, 2.05) is 0 Å². The van der Waals surface area contributed by atoms with Crippen molar-refractivity contribution < 1.29 is 9.59 Å². The summed E-state index contributed by atoms with van der Waals surface area (Å²) in [7, 11) is 3.37. The summed E-state index contributed by atoms with van der Waals surface area (Å²) in [5.41, 5.74) is 0.523. The zero-order chi connectivity index (χ0) is 9.84. The number of carbonyl (C=O) groups excluding carboxylic acids is 2. The van der Waals surface area contributed by atoms with Crippen molar-refractivity contribution in [2.75, 3.05) is 14.1 Å². The van der Waals surface area contributed by atoms with Gasteiger partial charge in [0.15, 0.2) is 6.29 Å². The first-order chi connectivity index (χ1) is 6.15. The standard InChI is InChI=1S/C9H12N2O2/c1-10(2)9(13)6-11-5-3-4-8(11)7-12/h3-5,7H,6H2,1-2H3. The molecule has 0 aliphatic heterocycles. The van der Waals surface area contributed by atoms with E-state index in [-0.39, 0.29) is 12.5 Å². The third-order valence-electron chi connectivity index (χ3n) is 1.79. The lowest BCUT2D eigenvalue weighted by Crippen LogP contribution is -2.26. The molecule has 4 nitrogen and oxygen atoms in total. The molecule has 0 radical (unpaired) electrons. The van der Waals surface area contributed by atoms with E-state index < -0.39 is 0 Å². The zero-order valence-corrected chi connectivity index (χ0v) is 7.73. The molecule has 0 unspecified atom stereocenters. The van der Waals surface area contributed by atoms with Crippen molar-refractivity contribution in [3.63, 3.8) is 0 Å². The molecular formula is C9H12N2O2. The Labute approximate surface area is 76.8 Å². The van der Waals surface area contributed by atoms with E-state index in [9.17, 15) is 9.59 Å². The van der Waals surface area contributed by atoms with E-state index in [1.165, 1.54) is 4.90 Å². The second kappa shape index (κ2) is 3.89. The number of hydrogen-bond donors (Lipinski definition) is 0. The van der Waals surface area contributed by atoms with E-state index in [0.29, 0.717) is 5.69 Å². The minimum absolute atomic E-state index is 0.0284. The van der Waals surface area contributed by atoms with Gasteiger partial charge in [0.1, 0.15) is 6.54 Å². The van der Waals surface area contributed by atoms with E-state index in [2.05, 4.69) is 0 Å². The van der Waals surface area contributed by atoms with Gasteiger partial charge in [-0.15, -0.1) is 0 Å². The van der Waals surface area contributed by atoms with Gasteiger partial charge in [-0.25, -0.2) is 0 Å². The number of rotatable bonds is 3. The van der Waals surface area contributed by atoms with Crippen LogP contribution in [0.4, 0.5) is 0 Å². The maximum absolute atomic E-state index is 11.3. The minimum atomic E-state index is -0.0284. The number of aromatic nitrogens is 1. The summed E-state index contributed by atoms with van der Waals surface area (Å²) in [5, 5.41) is 0. The van der Waals surface area contributed by atoms with Crippen LogP contribution in [0.25, 0.3) is 0 Å². The number of aldehydes is 1. The normalized spacial score (nSPS) is 9.69. The van der Waals surface area contributed by atoms with Crippen LogP contribution in [0.3, 0.4) is 0 Å². The largest absolute Gasteiger partial charge is 0.347 e. The van der Waals surface area contributed by atoms with E-state index in [0.717, 1.165) is 6.29 Å². The monoisotopic (exact) mass is 180 g/mol. The maximum Gasteiger partial charge on any atom is 0.241 e. The summed E-state index contributed by atoms with van der Waals surface area (Å²) < 4.78 is 1.62. The SMILES string of the molecule is CN(C)C(=O)Cn1cccc1C=O. The van der Waals surface area contributed by atoms with Gasteiger partial charge in [0.25, 0.3) is 0 Å². The van der Waals surface area contributed by atoms with E-state index >= 15 is 0 Å². The summed E-state index contributed by atoms with van der Waals surface area (Å²) in [4.78, 5) is 23.3. The molecule has 13 heavy (non-hydrogen) atoms. The van der Waals surface area contributed by atoms with Gasteiger partial charge in [0.2, 0.25) is 5.91 Å². The molecule has 0 saturated heterocycles. The number of likely N-dealkylation sites (N-methyl/N-ethyl adjacent to an activating group) is 1. The van der Waals surface area contributed by atoms with Gasteiger partial charge in [-0.3, -0.25) is 9.59 Å². The molecule has 0 saturated carbocycles. The Kier molecular flexibility index (Phi) is 2.84. The predicted octanol–water partition coefficient (Wildman–Crippen LogP) is 0.389. The Morgan fingerprint density at radius 3 is 2.85 bits per heavy atom. The van der Waals surface area contributed by atoms with Crippen LogP contribution < -0.4 is 0 Å². The van der Waals surface area contributed by atoms with Crippen molar-refractivity contribution in [3.8, 4) is 0 Å². The molecule has 1 heterocycles. The Morgan fingerprint density at radius 2 is 2.31 bits per heavy atom. The summed E-state index contributed by atoms with van der Waals surface area (Å²) in [6, 6.07) is 3.42. The minimum Gasteiger partial charge on any atom is -0.347 e. The van der Waals surface area contributed by atoms with Crippen molar-refractivity contribution in [1.82, 2.24) is 9.47 Å². The fraction of sp³-hybridized carbons (Fsp3) is 0.333. The average molecular weight is 180 g/mol. The first-order valence-electron chi connectivity index (χ1n) is 3.95. The number of amides is 1. The first kappa shape index (κ1) is 9.51. The van der Waals surface area contributed by atoms with Crippen LogP contribution in [0.2, 0.25) is 0 Å². The molecule has 0 fully saturated rings. The summed E-state index contributed by atoms with van der Waals surface area (Å²) in [6.45, 7) is 0.216. The van der Waals surface area contributed by atoms with Gasteiger partial charge in [0.05, 0.1) is 5.69 Å². The molecular weight excluding hydrogens is 168 g/mol. The summed E-state index contributed by atoms with van der Waals surface area (Å²) in [5.74, 6) is -0.0284. The second-order valence-electron chi connectivity index (χ2n) is 2.97. The second-order valence-corrected chi connectivity index (χ2v) is 2.97. The molecule has 1 rings (SSSR count). The fourth-order valence-corrected chi connectivity index (χ4v) is 0.965. The summed E-state index contributed by atoms with van der Waals surface area (Å²) >= 11 is 0. The number of nitrogens with zero attached hydrogens (tertiary/aromatic N) is 2. The van der Waals surface area contributed by atoms with Crippen molar-refractivity contribution in [2.24, 2.45) is 0 Å².